The van der Waals surface area contributed by atoms with E-state index in [0.29, 0.717) is 5.02 Å². The second-order valence-corrected chi connectivity index (χ2v) is 5.55. The summed E-state index contributed by atoms with van der Waals surface area (Å²) < 4.78 is 5.11. The molecule has 0 fully saturated rings. The zero-order valence-corrected chi connectivity index (χ0v) is 12.0. The van der Waals surface area contributed by atoms with Crippen molar-refractivity contribution in [2.75, 3.05) is 6.54 Å². The van der Waals surface area contributed by atoms with Gasteiger partial charge < -0.3 is 10.1 Å². The van der Waals surface area contributed by atoms with Gasteiger partial charge in [-0.3, -0.25) is 0 Å². The van der Waals surface area contributed by atoms with Crippen LogP contribution in [0.3, 0.4) is 0 Å². The van der Waals surface area contributed by atoms with E-state index in [1.807, 2.05) is 0 Å². The molecule has 0 saturated heterocycles. The second-order valence-electron chi connectivity index (χ2n) is 5.12. The van der Waals surface area contributed by atoms with Gasteiger partial charge in [-0.15, -0.1) is 0 Å². The van der Waals surface area contributed by atoms with Crippen molar-refractivity contribution in [1.29, 1.82) is 5.26 Å². The van der Waals surface area contributed by atoms with E-state index in [-0.39, 0.29) is 6.54 Å². The Balaban J connectivity index is 2.57. The van der Waals surface area contributed by atoms with Crippen molar-refractivity contribution in [2.45, 2.75) is 32.3 Å². The largest absolute Gasteiger partial charge is 0.444 e. The molecule has 0 aromatic heterocycles. The van der Waals surface area contributed by atoms with Crippen LogP contribution in [0.15, 0.2) is 24.3 Å². The van der Waals surface area contributed by atoms with Crippen LogP contribution in [0.5, 0.6) is 0 Å². The molecule has 1 unspecified atom stereocenters. The fraction of sp³-hybridized carbons (Fsp3) is 0.429. The Morgan fingerprint density at radius 1 is 1.42 bits per heavy atom. The molecule has 1 amide bonds. The summed E-state index contributed by atoms with van der Waals surface area (Å²) in [6.07, 6.45) is -0.526. The van der Waals surface area contributed by atoms with Crippen LogP contribution in [0, 0.1) is 11.3 Å². The van der Waals surface area contributed by atoms with Gasteiger partial charge in [0.25, 0.3) is 0 Å². The maximum absolute atomic E-state index is 11.5. The lowest BCUT2D eigenvalue weighted by Gasteiger charge is -2.20. The summed E-state index contributed by atoms with van der Waals surface area (Å²) in [4.78, 5) is 11.5. The number of carbonyl (C=O) groups is 1. The number of benzene rings is 1. The number of nitrogens with zero attached hydrogens (tertiary/aromatic N) is 1. The van der Waals surface area contributed by atoms with Crippen LogP contribution in [-0.2, 0) is 4.74 Å². The third-order valence-corrected chi connectivity index (χ3v) is 2.53. The molecule has 0 saturated carbocycles. The molecule has 102 valence electrons. The molecule has 0 aliphatic rings. The van der Waals surface area contributed by atoms with Crippen LogP contribution in [0.4, 0.5) is 4.79 Å². The second kappa shape index (κ2) is 6.44. The fourth-order valence-electron chi connectivity index (χ4n) is 1.43. The summed E-state index contributed by atoms with van der Waals surface area (Å²) in [5, 5.41) is 12.3. The van der Waals surface area contributed by atoms with Gasteiger partial charge in [0.1, 0.15) is 5.60 Å². The van der Waals surface area contributed by atoms with Crippen LogP contribution in [-0.4, -0.2) is 18.2 Å². The van der Waals surface area contributed by atoms with Crippen molar-refractivity contribution in [1.82, 2.24) is 5.32 Å². The first-order chi connectivity index (χ1) is 8.81. The predicted molar refractivity (Wildman–Crippen MR) is 74.0 cm³/mol. The molecule has 0 spiro atoms. The van der Waals surface area contributed by atoms with Gasteiger partial charge in [0, 0.05) is 11.6 Å². The normalized spacial score (nSPS) is 12.4. The average molecular weight is 281 g/mol. The molecule has 0 aliphatic heterocycles. The van der Waals surface area contributed by atoms with E-state index in [1.165, 1.54) is 0 Å². The number of amides is 1. The number of nitriles is 1. The van der Waals surface area contributed by atoms with Crippen molar-refractivity contribution in [3.63, 3.8) is 0 Å². The van der Waals surface area contributed by atoms with Crippen molar-refractivity contribution in [3.05, 3.63) is 34.9 Å². The highest BCUT2D eigenvalue weighted by molar-refractivity contribution is 6.30. The summed E-state index contributed by atoms with van der Waals surface area (Å²) >= 11 is 5.79. The summed E-state index contributed by atoms with van der Waals surface area (Å²) in [5.74, 6) is -0.426. The first kappa shape index (κ1) is 15.3. The molecule has 0 radical (unpaired) electrons. The first-order valence-electron chi connectivity index (χ1n) is 5.94. The maximum atomic E-state index is 11.5. The van der Waals surface area contributed by atoms with E-state index < -0.39 is 17.6 Å². The summed E-state index contributed by atoms with van der Waals surface area (Å²) in [5.41, 5.74) is 0.259. The lowest BCUT2D eigenvalue weighted by Crippen LogP contribution is -2.34. The Bertz CT molecular complexity index is 472. The van der Waals surface area contributed by atoms with Gasteiger partial charge >= 0.3 is 6.09 Å². The average Bonchev–Trinajstić information content (AvgIpc) is 2.29. The number of halogens is 1. The van der Waals surface area contributed by atoms with E-state index in [4.69, 9.17) is 21.6 Å². The summed E-state index contributed by atoms with van der Waals surface area (Å²) in [7, 11) is 0. The molecule has 19 heavy (non-hydrogen) atoms. The number of carbonyl (C=O) groups excluding carboxylic acids is 1. The molecule has 0 aliphatic carbocycles. The standard InChI is InChI=1S/C14H17ClN2O2/c1-14(2,3)19-13(18)17-9-11(8-16)10-4-6-12(15)7-5-10/h4-7,11H,9H2,1-3H3,(H,17,18). The fourth-order valence-corrected chi connectivity index (χ4v) is 1.56. The molecular formula is C14H17ClN2O2. The number of hydrogen-bond donors (Lipinski definition) is 1. The Labute approximate surface area is 118 Å². The maximum Gasteiger partial charge on any atom is 0.407 e. The Morgan fingerprint density at radius 2 is 2.00 bits per heavy atom. The number of nitrogens with one attached hydrogen (secondary N) is 1. The van der Waals surface area contributed by atoms with E-state index in [0.717, 1.165) is 5.56 Å². The van der Waals surface area contributed by atoms with Gasteiger partial charge in [-0.05, 0) is 38.5 Å². The third kappa shape index (κ3) is 5.62. The van der Waals surface area contributed by atoms with Gasteiger partial charge in [0.15, 0.2) is 0 Å². The predicted octanol–water partition coefficient (Wildman–Crippen LogP) is 3.47. The van der Waals surface area contributed by atoms with E-state index >= 15 is 0 Å². The monoisotopic (exact) mass is 280 g/mol. The van der Waals surface area contributed by atoms with Gasteiger partial charge in [-0.25, -0.2) is 4.79 Å². The van der Waals surface area contributed by atoms with Crippen LogP contribution in [0.25, 0.3) is 0 Å². The van der Waals surface area contributed by atoms with Crippen molar-refractivity contribution >= 4 is 17.7 Å². The van der Waals surface area contributed by atoms with E-state index in [2.05, 4.69) is 11.4 Å². The van der Waals surface area contributed by atoms with E-state index in [9.17, 15) is 4.79 Å². The highest BCUT2D eigenvalue weighted by Gasteiger charge is 2.18. The number of alkyl carbamates (subject to hydrolysis) is 1. The quantitative estimate of drug-likeness (QED) is 0.922. The van der Waals surface area contributed by atoms with Crippen molar-refractivity contribution in [2.24, 2.45) is 0 Å². The summed E-state index contributed by atoms with van der Waals surface area (Å²) in [6.45, 7) is 5.56. The topological polar surface area (TPSA) is 62.1 Å². The minimum atomic E-state index is -0.549. The smallest absolute Gasteiger partial charge is 0.407 e. The van der Waals surface area contributed by atoms with E-state index in [1.54, 1.807) is 45.0 Å². The Morgan fingerprint density at radius 3 is 2.47 bits per heavy atom. The zero-order valence-electron chi connectivity index (χ0n) is 11.2. The molecule has 0 bridgehead atoms. The molecular weight excluding hydrogens is 264 g/mol. The minimum absolute atomic E-state index is 0.201. The third-order valence-electron chi connectivity index (χ3n) is 2.28. The number of rotatable bonds is 3. The highest BCUT2D eigenvalue weighted by Crippen LogP contribution is 2.17. The zero-order chi connectivity index (χ0) is 14.5. The molecule has 1 atom stereocenters. The molecule has 5 heteroatoms. The van der Waals surface area contributed by atoms with Gasteiger partial charge in [-0.2, -0.15) is 5.26 Å². The first-order valence-corrected chi connectivity index (χ1v) is 6.31. The van der Waals surface area contributed by atoms with Crippen LogP contribution >= 0.6 is 11.6 Å². The number of hydrogen-bond acceptors (Lipinski definition) is 3. The highest BCUT2D eigenvalue weighted by atomic mass is 35.5. The Kier molecular flexibility index (Phi) is 5.20. The van der Waals surface area contributed by atoms with Crippen LogP contribution in [0.2, 0.25) is 5.02 Å². The molecule has 1 aromatic rings. The van der Waals surface area contributed by atoms with Crippen LogP contribution < -0.4 is 5.32 Å². The minimum Gasteiger partial charge on any atom is -0.444 e. The molecule has 1 N–H and O–H groups in total. The van der Waals surface area contributed by atoms with Crippen LogP contribution in [0.1, 0.15) is 32.3 Å². The lowest BCUT2D eigenvalue weighted by atomic mass is 10.0. The SMILES string of the molecule is CC(C)(C)OC(=O)NCC(C#N)c1ccc(Cl)cc1. The number of ether oxygens (including phenoxy) is 1. The van der Waals surface area contributed by atoms with Gasteiger partial charge in [0.2, 0.25) is 0 Å². The lowest BCUT2D eigenvalue weighted by molar-refractivity contribution is 0.0527. The molecule has 1 rings (SSSR count). The van der Waals surface area contributed by atoms with Crippen molar-refractivity contribution < 1.29 is 9.53 Å². The Hall–Kier alpha value is -1.73. The molecule has 4 nitrogen and oxygen atoms in total. The molecule has 0 heterocycles. The van der Waals surface area contributed by atoms with Gasteiger partial charge in [-0.1, -0.05) is 23.7 Å². The molecule has 1 aromatic carbocycles. The summed E-state index contributed by atoms with van der Waals surface area (Å²) in [6, 6.07) is 9.12. The van der Waals surface area contributed by atoms with Gasteiger partial charge in [0.05, 0.1) is 12.0 Å². The van der Waals surface area contributed by atoms with Crippen molar-refractivity contribution in [3.8, 4) is 6.07 Å².